The summed E-state index contributed by atoms with van der Waals surface area (Å²) in [5.74, 6) is -4.76. The maximum atomic E-state index is 16.0. The maximum Gasteiger partial charge on any atom is 0.278 e. The van der Waals surface area contributed by atoms with Gasteiger partial charge >= 0.3 is 0 Å². The Morgan fingerprint density at radius 3 is 2.50 bits per heavy atom. The molecule has 2 aromatic heterocycles. The van der Waals surface area contributed by atoms with Crippen LogP contribution >= 0.6 is 0 Å². The molecule has 10 heteroatoms. The number of nitrogens with zero attached hydrogens (tertiary/aromatic N) is 5. The number of pyridine rings is 1. The van der Waals surface area contributed by atoms with E-state index in [9.17, 15) is 10.1 Å². The van der Waals surface area contributed by atoms with Crippen molar-refractivity contribution in [2.24, 2.45) is 5.92 Å². The third-order valence-corrected chi connectivity index (χ3v) is 10.3. The Hall–Kier alpha value is -3.45. The van der Waals surface area contributed by atoms with Crippen LogP contribution in [0.1, 0.15) is 101 Å². The van der Waals surface area contributed by atoms with E-state index < -0.39 is 34.7 Å². The fourth-order valence-corrected chi connectivity index (χ4v) is 7.33. The van der Waals surface area contributed by atoms with Crippen LogP contribution in [-0.2, 0) is 17.9 Å². The van der Waals surface area contributed by atoms with E-state index in [4.69, 9.17) is 0 Å². The molecule has 1 aromatic carbocycles. The summed E-state index contributed by atoms with van der Waals surface area (Å²) in [5, 5.41) is 13.7. The minimum absolute atomic E-state index is 0.118. The standard InChI is InChI=1S/C34H41F3N6O/c1-3-24-9-6-4-5-7-16-43-31-26(19-28(32(43)44)33(20-38)14-15-33)30(39-21-40-31)41-22(2)25-10-8-11-27(29(25)35)34(36,37)23-12-17-42(24)18-13-23/h8,10-11,19,21-24H,3-7,9,12-18H2,1-2H3,(H,39,40,41)/t22-,24?/m1/s1. The average molecular weight is 607 g/mol. The zero-order valence-electron chi connectivity index (χ0n) is 25.6. The number of halogens is 3. The lowest BCUT2D eigenvalue weighted by Gasteiger charge is -2.40. The topological polar surface area (TPSA) is 86.8 Å². The Balaban J connectivity index is 1.43. The predicted molar refractivity (Wildman–Crippen MR) is 164 cm³/mol. The van der Waals surface area contributed by atoms with E-state index in [2.05, 4.69) is 33.2 Å². The van der Waals surface area contributed by atoms with Gasteiger partial charge in [-0.3, -0.25) is 9.36 Å². The normalized spacial score (nSPS) is 26.8. The summed E-state index contributed by atoms with van der Waals surface area (Å²) in [7, 11) is 0. The van der Waals surface area contributed by atoms with E-state index in [0.29, 0.717) is 73.8 Å². The van der Waals surface area contributed by atoms with Crippen LogP contribution in [0.15, 0.2) is 35.4 Å². The van der Waals surface area contributed by atoms with Crippen LogP contribution in [0, 0.1) is 23.1 Å². The van der Waals surface area contributed by atoms with Gasteiger partial charge in [0.1, 0.15) is 23.6 Å². The molecule has 5 heterocycles. The van der Waals surface area contributed by atoms with Gasteiger partial charge in [0.15, 0.2) is 0 Å². The molecule has 2 fully saturated rings. The Morgan fingerprint density at radius 1 is 1.05 bits per heavy atom. The van der Waals surface area contributed by atoms with Gasteiger partial charge in [-0.05, 0) is 71.0 Å². The molecule has 7 nitrogen and oxygen atoms in total. The molecule has 44 heavy (non-hydrogen) atoms. The molecule has 3 aromatic rings. The SMILES string of the molecule is CCC1CCCCCCn2c(=O)c(C3(C#N)CC3)cc3c(ncnc32)N[C@H](C)c2cccc(c2F)C(F)(F)C2CCN1CC2. The van der Waals surface area contributed by atoms with Crippen molar-refractivity contribution in [2.45, 2.75) is 108 Å². The zero-order chi connectivity index (χ0) is 31.1. The van der Waals surface area contributed by atoms with Crippen molar-refractivity contribution in [3.05, 3.63) is 63.5 Å². The van der Waals surface area contributed by atoms with Crippen LogP contribution in [-0.4, -0.2) is 38.6 Å². The Labute approximate surface area is 256 Å². The minimum Gasteiger partial charge on any atom is -0.363 e. The summed E-state index contributed by atoms with van der Waals surface area (Å²) in [6.45, 7) is 5.50. The number of alkyl halides is 2. The van der Waals surface area contributed by atoms with Crippen molar-refractivity contribution < 1.29 is 13.2 Å². The number of nitriles is 1. The molecule has 3 aliphatic heterocycles. The third kappa shape index (κ3) is 5.48. The Bertz CT molecular complexity index is 1620. The highest BCUT2D eigenvalue weighted by Gasteiger charge is 2.48. The van der Waals surface area contributed by atoms with Crippen molar-refractivity contribution in [3.63, 3.8) is 0 Å². The maximum absolute atomic E-state index is 16.0. The monoisotopic (exact) mass is 606 g/mol. The molecule has 1 N–H and O–H groups in total. The zero-order valence-corrected chi connectivity index (χ0v) is 25.6. The van der Waals surface area contributed by atoms with Gasteiger partial charge in [0, 0.05) is 29.6 Å². The molecule has 0 radical (unpaired) electrons. The highest BCUT2D eigenvalue weighted by atomic mass is 19.3. The van der Waals surface area contributed by atoms with Crippen molar-refractivity contribution in [3.8, 4) is 6.07 Å². The molecule has 1 saturated heterocycles. The summed E-state index contributed by atoms with van der Waals surface area (Å²) in [5.41, 5.74) is -0.601. The number of fused-ring (bicyclic) bond motifs is 9. The van der Waals surface area contributed by atoms with Crippen molar-refractivity contribution in [2.75, 3.05) is 18.4 Å². The minimum atomic E-state index is -3.30. The van der Waals surface area contributed by atoms with Gasteiger partial charge in [0.25, 0.3) is 11.5 Å². The van der Waals surface area contributed by atoms with Crippen LogP contribution < -0.4 is 10.9 Å². The van der Waals surface area contributed by atoms with Gasteiger partial charge in [-0.2, -0.15) is 5.26 Å². The van der Waals surface area contributed by atoms with E-state index >= 15 is 13.2 Å². The van der Waals surface area contributed by atoms with E-state index in [-0.39, 0.29) is 11.1 Å². The van der Waals surface area contributed by atoms with Crippen molar-refractivity contribution in [1.29, 1.82) is 5.26 Å². The molecule has 8 bridgehead atoms. The second kappa shape index (κ2) is 12.2. The molecule has 1 aliphatic carbocycles. The molecule has 234 valence electrons. The number of piperidine rings is 1. The average Bonchev–Trinajstić information content (AvgIpc) is 3.82. The fourth-order valence-electron chi connectivity index (χ4n) is 7.33. The first-order valence-corrected chi connectivity index (χ1v) is 16.2. The number of hydrogen-bond donors (Lipinski definition) is 1. The summed E-state index contributed by atoms with van der Waals surface area (Å²) in [4.78, 5) is 25.0. The van der Waals surface area contributed by atoms with Gasteiger partial charge in [-0.1, -0.05) is 44.4 Å². The summed E-state index contributed by atoms with van der Waals surface area (Å²) in [6, 6.07) is 7.91. The molecular weight excluding hydrogens is 565 g/mol. The van der Waals surface area contributed by atoms with Crippen LogP contribution in [0.4, 0.5) is 19.0 Å². The number of hydrogen-bond acceptors (Lipinski definition) is 6. The van der Waals surface area contributed by atoms with Crippen molar-refractivity contribution in [1.82, 2.24) is 19.4 Å². The van der Waals surface area contributed by atoms with E-state index in [1.54, 1.807) is 17.6 Å². The van der Waals surface area contributed by atoms with Gasteiger partial charge < -0.3 is 10.2 Å². The highest BCUT2D eigenvalue weighted by molar-refractivity contribution is 5.87. The summed E-state index contributed by atoms with van der Waals surface area (Å²) in [6.07, 6.45) is 8.95. The summed E-state index contributed by atoms with van der Waals surface area (Å²) < 4.78 is 49.6. The molecule has 1 saturated carbocycles. The molecule has 4 aliphatic rings. The van der Waals surface area contributed by atoms with Gasteiger partial charge in [-0.25, -0.2) is 23.1 Å². The quantitative estimate of drug-likeness (QED) is 0.332. The first kappa shape index (κ1) is 30.6. The molecule has 0 spiro atoms. The first-order valence-electron chi connectivity index (χ1n) is 16.2. The molecular formula is C34H41F3N6O. The molecule has 2 atom stereocenters. The summed E-state index contributed by atoms with van der Waals surface area (Å²) >= 11 is 0. The number of benzene rings is 1. The van der Waals surface area contributed by atoms with Crippen LogP contribution in [0.5, 0.6) is 0 Å². The van der Waals surface area contributed by atoms with E-state index in [1.165, 1.54) is 24.5 Å². The van der Waals surface area contributed by atoms with Gasteiger partial charge in [0.2, 0.25) is 0 Å². The molecule has 0 amide bonds. The number of aryl methyl sites for hydroxylation is 1. The van der Waals surface area contributed by atoms with Crippen LogP contribution in [0.2, 0.25) is 0 Å². The van der Waals surface area contributed by atoms with Gasteiger partial charge in [0.05, 0.1) is 28.5 Å². The first-order chi connectivity index (χ1) is 21.2. The van der Waals surface area contributed by atoms with Crippen LogP contribution in [0.3, 0.4) is 0 Å². The van der Waals surface area contributed by atoms with E-state index in [0.717, 1.165) is 38.5 Å². The smallest absolute Gasteiger partial charge is 0.278 e. The Kier molecular flexibility index (Phi) is 8.44. The fraction of sp³-hybridized carbons (Fsp3) is 0.588. The Morgan fingerprint density at radius 2 is 1.80 bits per heavy atom. The predicted octanol–water partition coefficient (Wildman–Crippen LogP) is 7.21. The van der Waals surface area contributed by atoms with Crippen LogP contribution in [0.25, 0.3) is 11.0 Å². The number of nitrogens with one attached hydrogen (secondary N) is 1. The van der Waals surface area contributed by atoms with E-state index in [1.807, 2.05) is 0 Å². The number of aromatic nitrogens is 3. The molecule has 7 rings (SSSR count). The molecule has 1 unspecified atom stereocenters. The lowest BCUT2D eigenvalue weighted by molar-refractivity contribution is -0.0913. The number of anilines is 1. The highest BCUT2D eigenvalue weighted by Crippen LogP contribution is 2.47. The third-order valence-electron chi connectivity index (χ3n) is 10.3. The number of rotatable bonds is 2. The lowest BCUT2D eigenvalue weighted by atomic mass is 9.84. The van der Waals surface area contributed by atoms with Crippen molar-refractivity contribution >= 4 is 16.9 Å². The lowest BCUT2D eigenvalue weighted by Crippen LogP contribution is -2.44. The second-order valence-electron chi connectivity index (χ2n) is 12.9. The second-order valence-corrected chi connectivity index (χ2v) is 12.9. The largest absolute Gasteiger partial charge is 0.363 e. The van der Waals surface area contributed by atoms with Gasteiger partial charge in [-0.15, -0.1) is 0 Å².